The predicted octanol–water partition coefficient (Wildman–Crippen LogP) is 8.03. The Hall–Kier alpha value is -1.25. The summed E-state index contributed by atoms with van der Waals surface area (Å²) in [4.78, 5) is 0. The van der Waals surface area contributed by atoms with Gasteiger partial charge in [0.1, 0.15) is 0 Å². The summed E-state index contributed by atoms with van der Waals surface area (Å²) in [5.41, 5.74) is 1.14. The van der Waals surface area contributed by atoms with Crippen molar-refractivity contribution in [3.63, 3.8) is 0 Å². The van der Waals surface area contributed by atoms with E-state index < -0.39 is 17.5 Å². The molecule has 5 atom stereocenters. The van der Waals surface area contributed by atoms with Gasteiger partial charge in [0.05, 0.1) is 0 Å². The predicted molar refractivity (Wildman–Crippen MR) is 119 cm³/mol. The number of rotatable bonds is 3. The first kappa shape index (κ1) is 21.6. The van der Waals surface area contributed by atoms with E-state index in [1.165, 1.54) is 70.3 Å². The fourth-order valence-electron chi connectivity index (χ4n) is 7.92. The molecule has 4 aliphatic rings. The zero-order valence-electron chi connectivity index (χ0n) is 18.7. The van der Waals surface area contributed by atoms with Crippen molar-refractivity contribution < 1.29 is 13.2 Å². The van der Waals surface area contributed by atoms with Crippen LogP contribution in [-0.4, -0.2) is 0 Å². The van der Waals surface area contributed by atoms with Crippen LogP contribution in [-0.2, 0) is 12.8 Å². The second-order valence-electron chi connectivity index (χ2n) is 11.2. The van der Waals surface area contributed by atoms with Crippen molar-refractivity contribution in [2.24, 2.45) is 41.4 Å². The van der Waals surface area contributed by atoms with Crippen molar-refractivity contribution in [2.45, 2.75) is 83.5 Å². The zero-order valence-corrected chi connectivity index (χ0v) is 18.7. The van der Waals surface area contributed by atoms with E-state index in [1.807, 2.05) is 0 Å². The highest BCUT2D eigenvalue weighted by Crippen LogP contribution is 2.51. The molecule has 0 aromatic heterocycles. The molecule has 0 radical (unpaired) electrons. The van der Waals surface area contributed by atoms with E-state index in [1.54, 1.807) is 0 Å². The van der Waals surface area contributed by atoms with E-state index in [-0.39, 0.29) is 0 Å². The van der Waals surface area contributed by atoms with Crippen molar-refractivity contribution >= 4 is 0 Å². The van der Waals surface area contributed by atoms with Gasteiger partial charge in [0.2, 0.25) is 0 Å². The number of halogens is 3. The fourth-order valence-corrected chi connectivity index (χ4v) is 7.92. The lowest BCUT2D eigenvalue weighted by molar-refractivity contribution is 0.0459. The van der Waals surface area contributed by atoms with Gasteiger partial charge in [-0.15, -0.1) is 6.58 Å². The SMILES string of the molecule is C=CC1CCC(C2CCC3CC(C4CCc5c(cc(F)c(F)c5F)C4)CCC3C2)CC1. The van der Waals surface area contributed by atoms with Crippen molar-refractivity contribution in [1.82, 2.24) is 0 Å². The van der Waals surface area contributed by atoms with Crippen molar-refractivity contribution in [2.75, 3.05) is 0 Å². The maximum absolute atomic E-state index is 14.1. The minimum Gasteiger partial charge on any atom is -0.204 e. The Balaban J connectivity index is 1.18. The highest BCUT2D eigenvalue weighted by atomic mass is 19.2. The molecule has 170 valence electrons. The maximum atomic E-state index is 14.1. The Morgan fingerprint density at radius 2 is 1.23 bits per heavy atom. The van der Waals surface area contributed by atoms with E-state index in [0.29, 0.717) is 29.4 Å². The summed E-state index contributed by atoms with van der Waals surface area (Å²) in [6.07, 6.45) is 18.0. The molecule has 0 nitrogen and oxygen atoms in total. The standard InChI is InChI=1S/C28H37F3/c1-2-17-3-5-18(6-4-17)19-7-8-21-14-22(10-9-20(21)13-19)23-11-12-25-24(15-23)16-26(29)28(31)27(25)30/h2,16-23H,1,3-15H2. The molecule has 1 aromatic carbocycles. The molecule has 0 bridgehead atoms. The maximum Gasteiger partial charge on any atom is 0.194 e. The number of allylic oxidation sites excluding steroid dienone is 1. The van der Waals surface area contributed by atoms with Crippen LogP contribution in [0.3, 0.4) is 0 Å². The summed E-state index contributed by atoms with van der Waals surface area (Å²) in [6.45, 7) is 3.99. The lowest BCUT2D eigenvalue weighted by atomic mass is 9.59. The third-order valence-corrected chi connectivity index (χ3v) is 9.78. The summed E-state index contributed by atoms with van der Waals surface area (Å²) >= 11 is 0. The molecule has 31 heavy (non-hydrogen) atoms. The quantitative estimate of drug-likeness (QED) is 0.336. The molecule has 0 heterocycles. The molecule has 0 N–H and O–H groups in total. The molecular formula is C28H37F3. The Bertz CT molecular complexity index is 807. The van der Waals surface area contributed by atoms with Crippen molar-refractivity contribution in [1.29, 1.82) is 0 Å². The Kier molecular flexibility index (Phi) is 6.23. The lowest BCUT2D eigenvalue weighted by Crippen LogP contribution is -2.37. The second kappa shape index (κ2) is 8.94. The average Bonchev–Trinajstić information content (AvgIpc) is 2.81. The first-order chi connectivity index (χ1) is 15.0. The van der Waals surface area contributed by atoms with Crippen LogP contribution in [0.2, 0.25) is 0 Å². The van der Waals surface area contributed by atoms with E-state index >= 15 is 0 Å². The van der Waals surface area contributed by atoms with Gasteiger partial charge in [-0.05, 0) is 142 Å². The largest absolute Gasteiger partial charge is 0.204 e. The Morgan fingerprint density at radius 1 is 0.677 bits per heavy atom. The minimum atomic E-state index is -1.30. The molecular weight excluding hydrogens is 393 g/mol. The van der Waals surface area contributed by atoms with Gasteiger partial charge >= 0.3 is 0 Å². The molecule has 5 unspecified atom stereocenters. The van der Waals surface area contributed by atoms with Gasteiger partial charge in [0, 0.05) is 0 Å². The third kappa shape index (κ3) is 4.23. The summed E-state index contributed by atoms with van der Waals surface area (Å²) in [7, 11) is 0. The van der Waals surface area contributed by atoms with Gasteiger partial charge in [0.25, 0.3) is 0 Å². The first-order valence-electron chi connectivity index (χ1n) is 12.8. The molecule has 3 heteroatoms. The van der Waals surface area contributed by atoms with Crippen LogP contribution in [0.5, 0.6) is 0 Å². The third-order valence-electron chi connectivity index (χ3n) is 9.78. The topological polar surface area (TPSA) is 0 Å². The number of fused-ring (bicyclic) bond motifs is 2. The van der Waals surface area contributed by atoms with Crippen molar-refractivity contribution in [3.8, 4) is 0 Å². The van der Waals surface area contributed by atoms with E-state index in [2.05, 4.69) is 12.7 Å². The summed E-state index contributed by atoms with van der Waals surface area (Å²) in [6, 6.07) is 1.26. The Morgan fingerprint density at radius 3 is 1.84 bits per heavy atom. The highest BCUT2D eigenvalue weighted by molar-refractivity contribution is 5.33. The minimum absolute atomic E-state index is 0.426. The van der Waals surface area contributed by atoms with Crippen LogP contribution in [0.15, 0.2) is 18.7 Å². The summed E-state index contributed by atoms with van der Waals surface area (Å²) < 4.78 is 41.5. The molecule has 4 aliphatic carbocycles. The summed E-state index contributed by atoms with van der Waals surface area (Å²) in [5, 5.41) is 0. The highest BCUT2D eigenvalue weighted by Gasteiger charge is 2.41. The van der Waals surface area contributed by atoms with E-state index in [9.17, 15) is 13.2 Å². The summed E-state index contributed by atoms with van der Waals surface area (Å²) in [5.74, 6) is 2.28. The molecule has 3 fully saturated rings. The molecule has 0 saturated heterocycles. The average molecular weight is 431 g/mol. The number of benzene rings is 1. The van der Waals surface area contributed by atoms with Gasteiger partial charge in [-0.25, -0.2) is 13.2 Å². The van der Waals surface area contributed by atoms with Gasteiger partial charge in [-0.1, -0.05) is 6.08 Å². The van der Waals surface area contributed by atoms with Crippen LogP contribution in [0.4, 0.5) is 13.2 Å². The number of hydrogen-bond donors (Lipinski definition) is 0. The monoisotopic (exact) mass is 430 g/mol. The molecule has 0 amide bonds. The van der Waals surface area contributed by atoms with E-state index in [0.717, 1.165) is 42.4 Å². The van der Waals surface area contributed by atoms with Crippen LogP contribution in [0.1, 0.15) is 81.8 Å². The van der Waals surface area contributed by atoms with Gasteiger partial charge < -0.3 is 0 Å². The Labute approximate surface area is 185 Å². The molecule has 5 rings (SSSR count). The van der Waals surface area contributed by atoms with Crippen molar-refractivity contribution in [3.05, 3.63) is 47.3 Å². The molecule has 3 saturated carbocycles. The number of hydrogen-bond acceptors (Lipinski definition) is 0. The molecule has 0 spiro atoms. The van der Waals surface area contributed by atoms with Crippen LogP contribution < -0.4 is 0 Å². The smallest absolute Gasteiger partial charge is 0.194 e. The normalized spacial score (nSPS) is 38.2. The second-order valence-corrected chi connectivity index (χ2v) is 11.2. The van der Waals surface area contributed by atoms with Gasteiger partial charge in [-0.2, -0.15) is 0 Å². The van der Waals surface area contributed by atoms with Crippen LogP contribution in [0.25, 0.3) is 0 Å². The van der Waals surface area contributed by atoms with Gasteiger partial charge in [-0.3, -0.25) is 0 Å². The zero-order chi connectivity index (χ0) is 21.5. The van der Waals surface area contributed by atoms with E-state index in [4.69, 9.17) is 0 Å². The van der Waals surface area contributed by atoms with Crippen LogP contribution in [0, 0.1) is 58.9 Å². The first-order valence-corrected chi connectivity index (χ1v) is 12.8. The fraction of sp³-hybridized carbons (Fsp3) is 0.714. The lowest BCUT2D eigenvalue weighted by Gasteiger charge is -2.47. The molecule has 1 aromatic rings. The van der Waals surface area contributed by atoms with Crippen LogP contribution >= 0.6 is 0 Å². The molecule has 0 aliphatic heterocycles. The van der Waals surface area contributed by atoms with Gasteiger partial charge in [0.15, 0.2) is 17.5 Å².